The summed E-state index contributed by atoms with van der Waals surface area (Å²) in [6.45, 7) is 5.11. The van der Waals surface area contributed by atoms with Gasteiger partial charge in [0.2, 0.25) is 5.91 Å². The summed E-state index contributed by atoms with van der Waals surface area (Å²) in [6, 6.07) is 11.6. The van der Waals surface area contributed by atoms with Crippen LogP contribution in [0, 0.1) is 5.82 Å². The first-order valence-electron chi connectivity index (χ1n) is 8.94. The van der Waals surface area contributed by atoms with E-state index < -0.39 is 23.4 Å². The molecule has 0 heterocycles. The maximum absolute atomic E-state index is 12.9. The molecule has 2 rings (SSSR count). The van der Waals surface area contributed by atoms with Crippen LogP contribution in [0.15, 0.2) is 48.5 Å². The Morgan fingerprint density at radius 1 is 0.931 bits per heavy atom. The predicted octanol–water partition coefficient (Wildman–Crippen LogP) is 3.88. The van der Waals surface area contributed by atoms with E-state index in [2.05, 4.69) is 10.6 Å². The van der Waals surface area contributed by atoms with E-state index in [9.17, 15) is 18.8 Å². The highest BCUT2D eigenvalue weighted by molar-refractivity contribution is 5.99. The Morgan fingerprint density at radius 3 is 2.00 bits per heavy atom. The van der Waals surface area contributed by atoms with E-state index in [-0.39, 0.29) is 12.5 Å². The molecular weight excluding hydrogens is 377 g/mol. The Morgan fingerprint density at radius 2 is 1.45 bits per heavy atom. The third kappa shape index (κ3) is 7.25. The average Bonchev–Trinajstić information content (AvgIpc) is 2.62. The van der Waals surface area contributed by atoms with Gasteiger partial charge in [-0.15, -0.1) is 0 Å². The summed E-state index contributed by atoms with van der Waals surface area (Å²) in [4.78, 5) is 37.6. The molecule has 7 nitrogen and oxygen atoms in total. The van der Waals surface area contributed by atoms with Gasteiger partial charge in [0.05, 0.1) is 6.54 Å². The molecule has 0 spiro atoms. The standard InChI is InChI=1S/C21H24FN3O4/c1-21(2,3)29-20(28)24-17-9-5-14(6-10-17)19(27)25(4)13-18(26)23-16-11-7-15(22)8-12-16/h5-12H,13H2,1-4H3,(H,23,26)(H,24,28). The van der Waals surface area contributed by atoms with E-state index in [1.165, 1.54) is 36.2 Å². The van der Waals surface area contributed by atoms with Crippen molar-refractivity contribution in [2.75, 3.05) is 24.2 Å². The summed E-state index contributed by atoms with van der Waals surface area (Å²) in [7, 11) is 1.50. The zero-order chi connectivity index (χ0) is 21.6. The number of halogens is 1. The fraction of sp³-hybridized carbons (Fsp3) is 0.286. The van der Waals surface area contributed by atoms with Gasteiger partial charge in [-0.2, -0.15) is 0 Å². The van der Waals surface area contributed by atoms with Crippen molar-refractivity contribution >= 4 is 29.3 Å². The van der Waals surface area contributed by atoms with E-state index in [4.69, 9.17) is 4.74 Å². The highest BCUT2D eigenvalue weighted by Gasteiger charge is 2.17. The number of carbonyl (C=O) groups is 3. The lowest BCUT2D eigenvalue weighted by Gasteiger charge is -2.20. The van der Waals surface area contributed by atoms with Gasteiger partial charge in [-0.05, 0) is 69.3 Å². The summed E-state index contributed by atoms with van der Waals surface area (Å²) in [5, 5.41) is 5.18. The molecule has 0 bridgehead atoms. The van der Waals surface area contributed by atoms with Crippen molar-refractivity contribution in [3.63, 3.8) is 0 Å². The van der Waals surface area contributed by atoms with E-state index in [1.807, 2.05) is 0 Å². The number of rotatable bonds is 5. The lowest BCUT2D eigenvalue weighted by atomic mass is 10.2. The van der Waals surface area contributed by atoms with Crippen LogP contribution in [-0.4, -0.2) is 42.0 Å². The van der Waals surface area contributed by atoms with Crippen LogP contribution < -0.4 is 10.6 Å². The summed E-state index contributed by atoms with van der Waals surface area (Å²) < 4.78 is 18.1. The van der Waals surface area contributed by atoms with Gasteiger partial charge in [0.25, 0.3) is 5.91 Å². The molecule has 0 radical (unpaired) electrons. The van der Waals surface area contributed by atoms with Crippen molar-refractivity contribution in [3.05, 3.63) is 59.9 Å². The van der Waals surface area contributed by atoms with Gasteiger partial charge in [0, 0.05) is 24.0 Å². The van der Waals surface area contributed by atoms with E-state index in [0.717, 1.165) is 0 Å². The summed E-state index contributed by atoms with van der Waals surface area (Å²) >= 11 is 0. The fourth-order valence-electron chi connectivity index (χ4n) is 2.36. The van der Waals surface area contributed by atoms with Gasteiger partial charge < -0.3 is 15.0 Å². The molecule has 0 atom stereocenters. The molecule has 0 unspecified atom stereocenters. The minimum atomic E-state index is -0.614. The summed E-state index contributed by atoms with van der Waals surface area (Å²) in [5.41, 5.74) is 0.663. The normalized spacial score (nSPS) is 10.8. The van der Waals surface area contributed by atoms with Crippen LogP contribution in [0.25, 0.3) is 0 Å². The molecule has 0 aromatic heterocycles. The maximum atomic E-state index is 12.9. The molecule has 0 saturated heterocycles. The number of hydrogen-bond donors (Lipinski definition) is 2. The average molecular weight is 401 g/mol. The smallest absolute Gasteiger partial charge is 0.412 e. The SMILES string of the molecule is CN(CC(=O)Nc1ccc(F)cc1)C(=O)c1ccc(NC(=O)OC(C)(C)C)cc1. The van der Waals surface area contributed by atoms with Gasteiger partial charge >= 0.3 is 6.09 Å². The Balaban J connectivity index is 1.90. The summed E-state index contributed by atoms with van der Waals surface area (Å²) in [5.74, 6) is -1.17. The number of ether oxygens (including phenoxy) is 1. The van der Waals surface area contributed by atoms with E-state index in [0.29, 0.717) is 16.9 Å². The first-order valence-corrected chi connectivity index (χ1v) is 8.94. The van der Waals surface area contributed by atoms with Crippen LogP contribution in [0.3, 0.4) is 0 Å². The first-order chi connectivity index (χ1) is 13.5. The molecule has 154 valence electrons. The number of amides is 3. The molecule has 0 aliphatic heterocycles. The topological polar surface area (TPSA) is 87.7 Å². The number of likely N-dealkylation sites (N-methyl/N-ethyl adjacent to an activating group) is 1. The van der Waals surface area contributed by atoms with Crippen molar-refractivity contribution in [1.82, 2.24) is 4.90 Å². The second kappa shape index (κ2) is 9.18. The monoisotopic (exact) mass is 401 g/mol. The predicted molar refractivity (Wildman–Crippen MR) is 108 cm³/mol. The zero-order valence-electron chi connectivity index (χ0n) is 16.8. The molecule has 0 aliphatic rings. The minimum Gasteiger partial charge on any atom is -0.444 e. The van der Waals surface area contributed by atoms with Gasteiger partial charge in [-0.3, -0.25) is 14.9 Å². The van der Waals surface area contributed by atoms with Crippen LogP contribution >= 0.6 is 0 Å². The highest BCUT2D eigenvalue weighted by Crippen LogP contribution is 2.14. The number of hydrogen-bond acceptors (Lipinski definition) is 4. The second-order valence-corrected chi connectivity index (χ2v) is 7.42. The highest BCUT2D eigenvalue weighted by atomic mass is 19.1. The molecule has 8 heteroatoms. The molecule has 2 aromatic carbocycles. The lowest BCUT2D eigenvalue weighted by Crippen LogP contribution is -2.34. The van der Waals surface area contributed by atoms with Crippen molar-refractivity contribution < 1.29 is 23.5 Å². The first kappa shape index (κ1) is 21.9. The molecule has 0 fully saturated rings. The number of benzene rings is 2. The molecule has 2 N–H and O–H groups in total. The van der Waals surface area contributed by atoms with E-state index in [1.54, 1.807) is 45.0 Å². The second-order valence-electron chi connectivity index (χ2n) is 7.42. The Kier molecular flexibility index (Phi) is 6.93. The largest absolute Gasteiger partial charge is 0.444 e. The van der Waals surface area contributed by atoms with Crippen LogP contribution in [0.1, 0.15) is 31.1 Å². The number of carbonyl (C=O) groups excluding carboxylic acids is 3. The quantitative estimate of drug-likeness (QED) is 0.796. The van der Waals surface area contributed by atoms with Crippen molar-refractivity contribution in [3.8, 4) is 0 Å². The molecule has 29 heavy (non-hydrogen) atoms. The maximum Gasteiger partial charge on any atom is 0.412 e. The van der Waals surface area contributed by atoms with Crippen LogP contribution in [-0.2, 0) is 9.53 Å². The third-order valence-corrected chi connectivity index (χ3v) is 3.63. The van der Waals surface area contributed by atoms with Gasteiger partial charge in [-0.25, -0.2) is 9.18 Å². The molecule has 3 amide bonds. The van der Waals surface area contributed by atoms with Crippen molar-refractivity contribution in [1.29, 1.82) is 0 Å². The molecular formula is C21H24FN3O4. The Hall–Kier alpha value is -3.42. The lowest BCUT2D eigenvalue weighted by molar-refractivity contribution is -0.116. The van der Waals surface area contributed by atoms with Gasteiger partial charge in [0.15, 0.2) is 0 Å². The number of anilines is 2. The zero-order valence-corrected chi connectivity index (χ0v) is 16.8. The molecule has 0 aliphatic carbocycles. The fourth-order valence-corrected chi connectivity index (χ4v) is 2.36. The third-order valence-electron chi connectivity index (χ3n) is 3.63. The van der Waals surface area contributed by atoms with Crippen LogP contribution in [0.2, 0.25) is 0 Å². The Labute approximate surface area is 168 Å². The number of nitrogens with zero attached hydrogens (tertiary/aromatic N) is 1. The van der Waals surface area contributed by atoms with Gasteiger partial charge in [0.1, 0.15) is 11.4 Å². The van der Waals surface area contributed by atoms with Gasteiger partial charge in [-0.1, -0.05) is 0 Å². The van der Waals surface area contributed by atoms with Crippen molar-refractivity contribution in [2.45, 2.75) is 26.4 Å². The molecule has 2 aromatic rings. The Bertz CT molecular complexity index is 874. The van der Waals surface area contributed by atoms with E-state index >= 15 is 0 Å². The van der Waals surface area contributed by atoms with Crippen LogP contribution in [0.5, 0.6) is 0 Å². The number of nitrogens with one attached hydrogen (secondary N) is 2. The van der Waals surface area contributed by atoms with Crippen LogP contribution in [0.4, 0.5) is 20.6 Å². The van der Waals surface area contributed by atoms with Crippen molar-refractivity contribution in [2.24, 2.45) is 0 Å². The minimum absolute atomic E-state index is 0.173. The molecule has 0 saturated carbocycles. The summed E-state index contributed by atoms with van der Waals surface area (Å²) in [6.07, 6.45) is -0.592.